The van der Waals surface area contributed by atoms with E-state index in [-0.39, 0.29) is 5.91 Å². The van der Waals surface area contributed by atoms with Gasteiger partial charge in [0, 0.05) is 38.1 Å². The highest BCUT2D eigenvalue weighted by atomic mass is 32.2. The quantitative estimate of drug-likeness (QED) is 0.826. The van der Waals surface area contributed by atoms with Crippen LogP contribution in [0.1, 0.15) is 16.1 Å². The van der Waals surface area contributed by atoms with Crippen LogP contribution >= 0.6 is 0 Å². The van der Waals surface area contributed by atoms with Gasteiger partial charge in [0.15, 0.2) is 0 Å². The van der Waals surface area contributed by atoms with Crippen molar-refractivity contribution in [2.75, 3.05) is 32.4 Å². The summed E-state index contributed by atoms with van der Waals surface area (Å²) in [5.41, 5.74) is 2.47. The molecular weight excluding hydrogens is 328 g/mol. The van der Waals surface area contributed by atoms with Gasteiger partial charge in [-0.15, -0.1) is 0 Å². The summed E-state index contributed by atoms with van der Waals surface area (Å²) >= 11 is 0. The number of imidazole rings is 1. The lowest BCUT2D eigenvalue weighted by Gasteiger charge is -2.32. The van der Waals surface area contributed by atoms with E-state index in [0.717, 1.165) is 5.69 Å². The third kappa shape index (κ3) is 3.49. The minimum absolute atomic E-state index is 0.172. The summed E-state index contributed by atoms with van der Waals surface area (Å²) < 4.78 is 26.2. The second-order valence-corrected chi connectivity index (χ2v) is 7.94. The first kappa shape index (κ1) is 16.7. The molecule has 2 heterocycles. The van der Waals surface area contributed by atoms with Crippen LogP contribution in [0.4, 0.5) is 0 Å². The average molecular weight is 348 g/mol. The molecule has 1 saturated heterocycles. The number of amides is 1. The van der Waals surface area contributed by atoms with Crippen molar-refractivity contribution in [2.24, 2.45) is 0 Å². The molecule has 8 heteroatoms. The van der Waals surface area contributed by atoms with Gasteiger partial charge in [-0.1, -0.05) is 17.7 Å². The molecule has 0 unspecified atom stereocenters. The number of benzene rings is 1. The van der Waals surface area contributed by atoms with Crippen molar-refractivity contribution in [1.29, 1.82) is 0 Å². The van der Waals surface area contributed by atoms with E-state index in [2.05, 4.69) is 4.98 Å². The summed E-state index contributed by atoms with van der Waals surface area (Å²) in [6, 6.07) is 7.94. The standard InChI is InChI=1S/C16H20N4O3S/c1-13-3-5-14(6-4-13)19-11-15(17-12-19)16(21)18-7-9-20(10-8-18)24(2,22)23/h3-6,11-12H,7-10H2,1-2H3. The van der Waals surface area contributed by atoms with E-state index in [1.807, 2.05) is 31.2 Å². The van der Waals surface area contributed by atoms with Gasteiger partial charge in [0.1, 0.15) is 12.0 Å². The second kappa shape index (κ2) is 6.37. The largest absolute Gasteiger partial charge is 0.335 e. The molecule has 1 aromatic carbocycles. The van der Waals surface area contributed by atoms with Crippen LogP contribution in [0.25, 0.3) is 5.69 Å². The van der Waals surface area contributed by atoms with Crippen molar-refractivity contribution in [1.82, 2.24) is 18.8 Å². The zero-order chi connectivity index (χ0) is 17.3. The van der Waals surface area contributed by atoms with Crippen molar-refractivity contribution in [2.45, 2.75) is 6.92 Å². The van der Waals surface area contributed by atoms with Crippen LogP contribution in [0, 0.1) is 6.92 Å². The van der Waals surface area contributed by atoms with Crippen molar-refractivity contribution >= 4 is 15.9 Å². The van der Waals surface area contributed by atoms with E-state index in [4.69, 9.17) is 0 Å². The molecule has 0 N–H and O–H groups in total. The highest BCUT2D eigenvalue weighted by molar-refractivity contribution is 7.88. The van der Waals surface area contributed by atoms with Gasteiger partial charge < -0.3 is 9.47 Å². The van der Waals surface area contributed by atoms with Crippen LogP contribution in [0.3, 0.4) is 0 Å². The maximum absolute atomic E-state index is 12.5. The summed E-state index contributed by atoms with van der Waals surface area (Å²) in [4.78, 5) is 18.4. The molecule has 1 aliphatic heterocycles. The lowest BCUT2D eigenvalue weighted by Crippen LogP contribution is -2.50. The molecule has 3 rings (SSSR count). The zero-order valence-electron chi connectivity index (χ0n) is 13.7. The molecule has 1 aromatic heterocycles. The SMILES string of the molecule is Cc1ccc(-n2cnc(C(=O)N3CCN(S(C)(=O)=O)CC3)c2)cc1. The molecule has 24 heavy (non-hydrogen) atoms. The molecule has 0 radical (unpaired) electrons. The first-order valence-electron chi connectivity index (χ1n) is 7.70. The Morgan fingerprint density at radius 1 is 1.08 bits per heavy atom. The van der Waals surface area contributed by atoms with Crippen LogP contribution in [0.15, 0.2) is 36.8 Å². The highest BCUT2D eigenvalue weighted by Gasteiger charge is 2.27. The Morgan fingerprint density at radius 3 is 2.29 bits per heavy atom. The number of carbonyl (C=O) groups is 1. The Kier molecular flexibility index (Phi) is 4.42. The van der Waals surface area contributed by atoms with E-state index in [0.29, 0.717) is 31.9 Å². The second-order valence-electron chi connectivity index (χ2n) is 5.96. The minimum Gasteiger partial charge on any atom is -0.335 e. The normalized spacial score (nSPS) is 16.3. The lowest BCUT2D eigenvalue weighted by atomic mass is 10.2. The Bertz CT molecular complexity index is 834. The minimum atomic E-state index is -3.20. The maximum atomic E-state index is 12.5. The molecule has 0 atom stereocenters. The van der Waals surface area contributed by atoms with Crippen LogP contribution in [-0.2, 0) is 10.0 Å². The Morgan fingerprint density at radius 2 is 1.71 bits per heavy atom. The predicted molar refractivity (Wildman–Crippen MR) is 90.6 cm³/mol. The fourth-order valence-corrected chi connectivity index (χ4v) is 3.50. The number of carbonyl (C=O) groups excluding carboxylic acids is 1. The lowest BCUT2D eigenvalue weighted by molar-refractivity contribution is 0.0693. The number of sulfonamides is 1. The Balaban J connectivity index is 1.70. The molecule has 1 fully saturated rings. The molecule has 1 aliphatic rings. The molecule has 2 aromatic rings. The molecule has 0 spiro atoms. The smallest absolute Gasteiger partial charge is 0.274 e. The van der Waals surface area contributed by atoms with E-state index in [1.165, 1.54) is 16.1 Å². The van der Waals surface area contributed by atoms with Crippen molar-refractivity contribution < 1.29 is 13.2 Å². The molecular formula is C16H20N4O3S. The number of hydrogen-bond donors (Lipinski definition) is 0. The van der Waals surface area contributed by atoms with Crippen LogP contribution in [0.2, 0.25) is 0 Å². The van der Waals surface area contributed by atoms with Gasteiger partial charge in [-0.05, 0) is 19.1 Å². The van der Waals surface area contributed by atoms with Crippen LogP contribution in [0.5, 0.6) is 0 Å². The number of aromatic nitrogens is 2. The topological polar surface area (TPSA) is 75.5 Å². The van der Waals surface area contributed by atoms with Gasteiger partial charge in [0.25, 0.3) is 5.91 Å². The van der Waals surface area contributed by atoms with E-state index in [1.54, 1.807) is 22.0 Å². The Hall–Kier alpha value is -2.19. The van der Waals surface area contributed by atoms with Crippen LogP contribution < -0.4 is 0 Å². The fourth-order valence-electron chi connectivity index (χ4n) is 2.68. The number of nitrogens with zero attached hydrogens (tertiary/aromatic N) is 4. The summed E-state index contributed by atoms with van der Waals surface area (Å²) in [5.74, 6) is -0.172. The number of aryl methyl sites for hydroxylation is 1. The first-order valence-corrected chi connectivity index (χ1v) is 9.55. The third-order valence-electron chi connectivity index (χ3n) is 4.13. The molecule has 0 aliphatic carbocycles. The summed E-state index contributed by atoms with van der Waals surface area (Å²) in [6.07, 6.45) is 4.51. The van der Waals surface area contributed by atoms with Crippen LogP contribution in [-0.4, -0.2) is 65.5 Å². The van der Waals surface area contributed by atoms with Gasteiger partial charge in [0.2, 0.25) is 10.0 Å². The molecule has 1 amide bonds. The summed E-state index contributed by atoms with van der Waals surface area (Å²) in [5, 5.41) is 0. The number of piperazine rings is 1. The van der Waals surface area contributed by atoms with Gasteiger partial charge >= 0.3 is 0 Å². The summed E-state index contributed by atoms with van der Waals surface area (Å²) in [7, 11) is -3.20. The van der Waals surface area contributed by atoms with Gasteiger partial charge in [0.05, 0.1) is 6.26 Å². The molecule has 128 valence electrons. The van der Waals surface area contributed by atoms with Crippen molar-refractivity contribution in [3.05, 3.63) is 48.0 Å². The molecule has 0 bridgehead atoms. The van der Waals surface area contributed by atoms with Crippen molar-refractivity contribution in [3.63, 3.8) is 0 Å². The number of rotatable bonds is 3. The van der Waals surface area contributed by atoms with Gasteiger partial charge in [-0.3, -0.25) is 4.79 Å². The monoisotopic (exact) mass is 348 g/mol. The predicted octanol–water partition coefficient (Wildman–Crippen LogP) is 0.898. The first-order chi connectivity index (χ1) is 11.3. The zero-order valence-corrected chi connectivity index (χ0v) is 14.5. The van der Waals surface area contributed by atoms with Crippen molar-refractivity contribution in [3.8, 4) is 5.69 Å². The Labute approximate surface area is 141 Å². The third-order valence-corrected chi connectivity index (χ3v) is 5.43. The van der Waals surface area contributed by atoms with E-state index < -0.39 is 10.0 Å². The van der Waals surface area contributed by atoms with E-state index >= 15 is 0 Å². The fraction of sp³-hybridized carbons (Fsp3) is 0.375. The summed E-state index contributed by atoms with van der Waals surface area (Å²) in [6.45, 7) is 3.42. The maximum Gasteiger partial charge on any atom is 0.274 e. The van der Waals surface area contributed by atoms with Gasteiger partial charge in [-0.2, -0.15) is 4.31 Å². The number of hydrogen-bond acceptors (Lipinski definition) is 4. The molecule has 0 saturated carbocycles. The van der Waals surface area contributed by atoms with Gasteiger partial charge in [-0.25, -0.2) is 13.4 Å². The molecule has 7 nitrogen and oxygen atoms in total. The van der Waals surface area contributed by atoms with E-state index in [9.17, 15) is 13.2 Å². The average Bonchev–Trinajstić information content (AvgIpc) is 3.04. The highest BCUT2D eigenvalue weighted by Crippen LogP contribution is 2.13.